The second kappa shape index (κ2) is 9.76. The number of rotatable bonds is 6. The van der Waals surface area contributed by atoms with Gasteiger partial charge in [0.2, 0.25) is 0 Å². The first-order valence-corrected chi connectivity index (χ1v) is 10.6. The number of hydrogen-bond acceptors (Lipinski definition) is 3. The molecule has 0 aromatic heterocycles. The lowest BCUT2D eigenvalue weighted by molar-refractivity contribution is 0.0992. The highest BCUT2D eigenvalue weighted by Crippen LogP contribution is 2.34. The van der Waals surface area contributed by atoms with Gasteiger partial charge in [-0.15, -0.1) is 24.0 Å². The number of aliphatic imine (C=N–C) groups is 1. The summed E-state index contributed by atoms with van der Waals surface area (Å²) in [6.07, 6.45) is 9.35. The second-order valence-electron chi connectivity index (χ2n) is 8.55. The van der Waals surface area contributed by atoms with E-state index in [0.717, 1.165) is 18.9 Å². The van der Waals surface area contributed by atoms with Crippen molar-refractivity contribution in [3.05, 3.63) is 35.9 Å². The average molecular weight is 498 g/mol. The van der Waals surface area contributed by atoms with E-state index in [0.29, 0.717) is 24.3 Å². The third-order valence-electron chi connectivity index (χ3n) is 6.63. The van der Waals surface area contributed by atoms with E-state index in [4.69, 9.17) is 4.74 Å². The summed E-state index contributed by atoms with van der Waals surface area (Å²) in [6, 6.07) is 11.5. The number of ether oxygens (including phenoxy) is 1. The van der Waals surface area contributed by atoms with Crippen LogP contribution in [0.4, 0.5) is 0 Å². The van der Waals surface area contributed by atoms with Crippen LogP contribution in [0.2, 0.25) is 0 Å². The van der Waals surface area contributed by atoms with Gasteiger partial charge in [-0.05, 0) is 44.6 Å². The molecule has 1 aliphatic carbocycles. The lowest BCUT2D eigenvalue weighted by Gasteiger charge is -2.35. The van der Waals surface area contributed by atoms with Gasteiger partial charge < -0.3 is 20.7 Å². The highest BCUT2D eigenvalue weighted by Gasteiger charge is 2.41. The van der Waals surface area contributed by atoms with Crippen molar-refractivity contribution in [2.75, 3.05) is 13.6 Å². The maximum absolute atomic E-state index is 5.97. The molecule has 6 heteroatoms. The van der Waals surface area contributed by atoms with Gasteiger partial charge in [0, 0.05) is 25.2 Å². The van der Waals surface area contributed by atoms with Crippen LogP contribution >= 0.6 is 24.0 Å². The molecule has 0 amide bonds. The molecule has 3 fully saturated rings. The number of hydrogen-bond donors (Lipinski definition) is 3. The number of guanidine groups is 1. The van der Waals surface area contributed by atoms with Gasteiger partial charge in [-0.1, -0.05) is 43.2 Å². The predicted molar refractivity (Wildman–Crippen MR) is 125 cm³/mol. The molecule has 1 saturated carbocycles. The fraction of sp³-hybridized carbons (Fsp3) is 0.682. The quantitative estimate of drug-likeness (QED) is 0.318. The van der Waals surface area contributed by atoms with E-state index in [9.17, 15) is 0 Å². The predicted octanol–water partition coefficient (Wildman–Crippen LogP) is 3.75. The van der Waals surface area contributed by atoms with Crippen LogP contribution in [0.25, 0.3) is 0 Å². The molecule has 4 rings (SSSR count). The van der Waals surface area contributed by atoms with E-state index in [-0.39, 0.29) is 29.5 Å². The SMILES string of the molecule is CN=C(NCC1(NC(C)c2ccccc2)CCCC1)NC1CC2CCC1O2.I. The highest BCUT2D eigenvalue weighted by molar-refractivity contribution is 14.0. The van der Waals surface area contributed by atoms with Gasteiger partial charge in [-0.2, -0.15) is 0 Å². The van der Waals surface area contributed by atoms with E-state index < -0.39 is 0 Å². The molecule has 156 valence electrons. The third kappa shape index (κ3) is 5.00. The lowest BCUT2D eigenvalue weighted by Crippen LogP contribution is -2.56. The van der Waals surface area contributed by atoms with Crippen molar-refractivity contribution in [1.29, 1.82) is 0 Å². The zero-order valence-electron chi connectivity index (χ0n) is 17.1. The van der Waals surface area contributed by atoms with Crippen molar-refractivity contribution in [2.24, 2.45) is 4.99 Å². The monoisotopic (exact) mass is 498 g/mol. The van der Waals surface area contributed by atoms with Crippen molar-refractivity contribution in [2.45, 2.75) is 81.7 Å². The Morgan fingerprint density at radius 2 is 1.96 bits per heavy atom. The van der Waals surface area contributed by atoms with Gasteiger partial charge >= 0.3 is 0 Å². The summed E-state index contributed by atoms with van der Waals surface area (Å²) < 4.78 is 5.97. The van der Waals surface area contributed by atoms with E-state index >= 15 is 0 Å². The summed E-state index contributed by atoms with van der Waals surface area (Å²) in [5.41, 5.74) is 1.49. The third-order valence-corrected chi connectivity index (χ3v) is 6.63. The molecule has 2 bridgehead atoms. The van der Waals surface area contributed by atoms with Crippen LogP contribution in [-0.2, 0) is 4.74 Å². The van der Waals surface area contributed by atoms with Crippen LogP contribution in [-0.4, -0.2) is 43.3 Å². The van der Waals surface area contributed by atoms with Crippen LogP contribution in [0.3, 0.4) is 0 Å². The van der Waals surface area contributed by atoms with Gasteiger partial charge in [0.25, 0.3) is 0 Å². The fourth-order valence-electron chi connectivity index (χ4n) is 5.12. The molecule has 1 aromatic carbocycles. The van der Waals surface area contributed by atoms with Crippen molar-refractivity contribution in [3.8, 4) is 0 Å². The van der Waals surface area contributed by atoms with Crippen molar-refractivity contribution in [3.63, 3.8) is 0 Å². The summed E-state index contributed by atoms with van der Waals surface area (Å²) in [7, 11) is 1.87. The number of nitrogens with one attached hydrogen (secondary N) is 3. The first-order valence-electron chi connectivity index (χ1n) is 10.6. The Morgan fingerprint density at radius 1 is 1.21 bits per heavy atom. The Bertz CT molecular complexity index is 647. The number of fused-ring (bicyclic) bond motifs is 2. The van der Waals surface area contributed by atoms with E-state index in [1.807, 2.05) is 7.05 Å². The second-order valence-corrected chi connectivity index (χ2v) is 8.55. The van der Waals surface area contributed by atoms with E-state index in [1.54, 1.807) is 0 Å². The molecular weight excluding hydrogens is 463 g/mol. The largest absolute Gasteiger partial charge is 0.373 e. The zero-order valence-corrected chi connectivity index (χ0v) is 19.4. The molecule has 4 unspecified atom stereocenters. The Balaban J connectivity index is 0.00000225. The molecule has 0 spiro atoms. The van der Waals surface area contributed by atoms with Crippen LogP contribution < -0.4 is 16.0 Å². The van der Waals surface area contributed by atoms with Gasteiger partial charge in [-0.25, -0.2) is 0 Å². The smallest absolute Gasteiger partial charge is 0.191 e. The van der Waals surface area contributed by atoms with Crippen LogP contribution in [0.5, 0.6) is 0 Å². The van der Waals surface area contributed by atoms with Gasteiger partial charge in [0.1, 0.15) is 0 Å². The molecular formula is C22H35IN4O. The Kier molecular flexibility index (Phi) is 7.61. The van der Waals surface area contributed by atoms with Gasteiger partial charge in [0.05, 0.1) is 18.2 Å². The molecule has 1 aromatic rings. The fourth-order valence-corrected chi connectivity index (χ4v) is 5.12. The molecule has 3 aliphatic rings. The van der Waals surface area contributed by atoms with E-state index in [2.05, 4.69) is 58.2 Å². The summed E-state index contributed by atoms with van der Waals surface area (Å²) in [6.45, 7) is 3.18. The number of benzene rings is 1. The normalized spacial score (nSPS) is 29.4. The molecule has 3 N–H and O–H groups in total. The summed E-state index contributed by atoms with van der Waals surface area (Å²) in [4.78, 5) is 4.48. The van der Waals surface area contributed by atoms with Crippen molar-refractivity contribution < 1.29 is 4.74 Å². The van der Waals surface area contributed by atoms with Crippen LogP contribution in [0.15, 0.2) is 35.3 Å². The molecule has 4 atom stereocenters. The van der Waals surface area contributed by atoms with Crippen molar-refractivity contribution >= 4 is 29.9 Å². The minimum atomic E-state index is 0. The number of nitrogens with zero attached hydrogens (tertiary/aromatic N) is 1. The minimum absolute atomic E-state index is 0. The zero-order chi connectivity index (χ0) is 18.7. The minimum Gasteiger partial charge on any atom is -0.373 e. The molecule has 28 heavy (non-hydrogen) atoms. The van der Waals surface area contributed by atoms with Gasteiger partial charge in [0.15, 0.2) is 5.96 Å². The topological polar surface area (TPSA) is 57.7 Å². The van der Waals surface area contributed by atoms with Crippen LogP contribution in [0.1, 0.15) is 63.5 Å². The molecule has 2 aliphatic heterocycles. The highest BCUT2D eigenvalue weighted by atomic mass is 127. The lowest BCUT2D eigenvalue weighted by atomic mass is 9.94. The number of halogens is 1. The van der Waals surface area contributed by atoms with E-state index in [1.165, 1.54) is 44.1 Å². The van der Waals surface area contributed by atoms with Crippen molar-refractivity contribution in [1.82, 2.24) is 16.0 Å². The Hall–Kier alpha value is -0.860. The maximum atomic E-state index is 5.97. The Labute approximate surface area is 186 Å². The van der Waals surface area contributed by atoms with Gasteiger partial charge in [-0.3, -0.25) is 4.99 Å². The molecule has 2 heterocycles. The standard InChI is InChI=1S/C22H34N4O.HI/c1-16(17-8-4-3-5-9-17)26-22(12-6-7-13-22)15-24-21(23-2)25-19-14-18-10-11-20(19)27-18;/h3-5,8-9,16,18-20,26H,6-7,10-15H2,1-2H3,(H2,23,24,25);1H. The first kappa shape index (κ1) is 21.8. The Morgan fingerprint density at radius 3 is 2.57 bits per heavy atom. The first-order chi connectivity index (χ1) is 13.2. The maximum Gasteiger partial charge on any atom is 0.191 e. The summed E-state index contributed by atoms with van der Waals surface area (Å²) in [5, 5.41) is 11.2. The molecule has 0 radical (unpaired) electrons. The molecule has 2 saturated heterocycles. The summed E-state index contributed by atoms with van der Waals surface area (Å²) >= 11 is 0. The molecule has 5 nitrogen and oxygen atoms in total. The van der Waals surface area contributed by atoms with Crippen LogP contribution in [0, 0.1) is 0 Å². The average Bonchev–Trinajstić information content (AvgIpc) is 3.43. The summed E-state index contributed by atoms with van der Waals surface area (Å²) in [5.74, 6) is 0.914.